The van der Waals surface area contributed by atoms with E-state index in [0.29, 0.717) is 0 Å². The number of halogens is 2. The summed E-state index contributed by atoms with van der Waals surface area (Å²) in [5.74, 6) is 0.0532. The molecule has 0 aliphatic carbocycles. The molecule has 0 heterocycles. The first-order valence-electron chi connectivity index (χ1n) is 3.07. The second kappa shape index (κ2) is 5.24. The Labute approximate surface area is 68.5 Å². The van der Waals surface area contributed by atoms with Crippen LogP contribution in [0.1, 0.15) is 13.8 Å². The number of alkyl halides is 2. The highest BCUT2D eigenvalue weighted by atomic mass is 33.1. The molecule has 0 saturated heterocycles. The van der Waals surface area contributed by atoms with Crippen molar-refractivity contribution in [3.8, 4) is 0 Å². The minimum atomic E-state index is -2.20. The van der Waals surface area contributed by atoms with Gasteiger partial charge in [0.2, 0.25) is 0 Å². The predicted octanol–water partition coefficient (Wildman–Crippen LogP) is 3.29. The summed E-state index contributed by atoms with van der Waals surface area (Å²) in [7, 11) is 2.66. The van der Waals surface area contributed by atoms with Crippen molar-refractivity contribution < 1.29 is 8.78 Å². The van der Waals surface area contributed by atoms with Crippen LogP contribution in [-0.2, 0) is 0 Å². The number of rotatable bonds is 4. The lowest BCUT2D eigenvalue weighted by Crippen LogP contribution is -2.19. The second-order valence-corrected chi connectivity index (χ2v) is 4.95. The smallest absolute Gasteiger partial charge is 0.209 e. The Bertz CT molecular complexity index is 77.8. The highest BCUT2D eigenvalue weighted by molar-refractivity contribution is 8.76. The van der Waals surface area contributed by atoms with Gasteiger partial charge in [-0.2, -0.15) is 0 Å². The van der Waals surface area contributed by atoms with Crippen molar-refractivity contribution in [1.29, 1.82) is 0 Å². The molecule has 0 rings (SSSR count). The molecule has 0 aliphatic heterocycles. The maximum absolute atomic E-state index is 12.1. The minimum absolute atomic E-state index is 0.0532. The Hall–Kier alpha value is 0.560. The Morgan fingerprint density at radius 2 is 1.70 bits per heavy atom. The summed E-state index contributed by atoms with van der Waals surface area (Å²) in [6.07, 6.45) is -0.375. The van der Waals surface area contributed by atoms with Crippen molar-refractivity contribution in [3.05, 3.63) is 0 Å². The van der Waals surface area contributed by atoms with E-state index in [-0.39, 0.29) is 5.92 Å². The third kappa shape index (κ3) is 3.66. The van der Waals surface area contributed by atoms with Gasteiger partial charge < -0.3 is 0 Å². The van der Waals surface area contributed by atoms with Crippen LogP contribution in [-0.4, -0.2) is 17.9 Å². The van der Waals surface area contributed by atoms with E-state index in [1.165, 1.54) is 21.6 Å². The van der Waals surface area contributed by atoms with Gasteiger partial charge in [0.05, 0.1) is 5.25 Å². The molecule has 0 aromatic rings. The highest BCUT2D eigenvalue weighted by Gasteiger charge is 2.23. The maximum Gasteiger partial charge on any atom is 0.251 e. The Morgan fingerprint density at radius 3 is 1.80 bits per heavy atom. The molecule has 0 N–H and O–H groups in total. The quantitative estimate of drug-likeness (QED) is 0.618. The van der Waals surface area contributed by atoms with Gasteiger partial charge in [0.25, 0.3) is 6.43 Å². The molecule has 4 heteroatoms. The largest absolute Gasteiger partial charge is 0.251 e. The SMILES string of the molecule is CSS[C@H](C(C)C)C(F)F. The minimum Gasteiger partial charge on any atom is -0.209 e. The number of hydrogen-bond acceptors (Lipinski definition) is 2. The maximum atomic E-state index is 12.1. The van der Waals surface area contributed by atoms with Crippen LogP contribution in [0.3, 0.4) is 0 Å². The van der Waals surface area contributed by atoms with Crippen molar-refractivity contribution in [1.82, 2.24) is 0 Å². The van der Waals surface area contributed by atoms with Crippen LogP contribution >= 0.6 is 21.6 Å². The van der Waals surface area contributed by atoms with Crippen LogP contribution in [0.15, 0.2) is 0 Å². The molecule has 0 aromatic carbocycles. The van der Waals surface area contributed by atoms with Crippen molar-refractivity contribution in [2.24, 2.45) is 5.92 Å². The van der Waals surface area contributed by atoms with E-state index in [1.54, 1.807) is 0 Å². The summed E-state index contributed by atoms with van der Waals surface area (Å²) < 4.78 is 24.2. The van der Waals surface area contributed by atoms with Crippen LogP contribution in [0, 0.1) is 5.92 Å². The van der Waals surface area contributed by atoms with E-state index in [4.69, 9.17) is 0 Å². The summed E-state index contributed by atoms with van der Waals surface area (Å²) in [6.45, 7) is 3.64. The first kappa shape index (κ1) is 10.6. The predicted molar refractivity (Wildman–Crippen MR) is 45.7 cm³/mol. The summed E-state index contributed by atoms with van der Waals surface area (Å²) >= 11 is 0. The molecule has 0 saturated carbocycles. The molecule has 0 amide bonds. The van der Waals surface area contributed by atoms with Crippen LogP contribution in [0.2, 0.25) is 0 Å². The number of hydrogen-bond donors (Lipinski definition) is 0. The zero-order chi connectivity index (χ0) is 8.15. The van der Waals surface area contributed by atoms with Gasteiger partial charge >= 0.3 is 0 Å². The van der Waals surface area contributed by atoms with Crippen molar-refractivity contribution in [2.45, 2.75) is 25.5 Å². The van der Waals surface area contributed by atoms with Crippen molar-refractivity contribution >= 4 is 21.6 Å². The fraction of sp³-hybridized carbons (Fsp3) is 1.00. The molecule has 0 aliphatic rings. The zero-order valence-electron chi connectivity index (χ0n) is 6.30. The Morgan fingerprint density at radius 1 is 1.20 bits per heavy atom. The first-order valence-corrected chi connectivity index (χ1v) is 5.69. The van der Waals surface area contributed by atoms with Gasteiger partial charge in [-0.3, -0.25) is 0 Å². The molecule has 0 fully saturated rings. The van der Waals surface area contributed by atoms with Gasteiger partial charge in [-0.25, -0.2) is 8.78 Å². The Kier molecular flexibility index (Phi) is 5.54. The van der Waals surface area contributed by atoms with Crippen LogP contribution in [0.5, 0.6) is 0 Å². The van der Waals surface area contributed by atoms with E-state index < -0.39 is 11.7 Å². The van der Waals surface area contributed by atoms with Crippen LogP contribution in [0.25, 0.3) is 0 Å². The van der Waals surface area contributed by atoms with Crippen LogP contribution in [0.4, 0.5) is 8.78 Å². The van der Waals surface area contributed by atoms with Gasteiger partial charge in [-0.05, 0) is 12.2 Å². The van der Waals surface area contributed by atoms with Gasteiger partial charge in [0.1, 0.15) is 0 Å². The molecular weight excluding hydrogens is 174 g/mol. The lowest BCUT2D eigenvalue weighted by atomic mass is 10.1. The molecule has 62 valence electrons. The molecule has 1 atom stereocenters. The van der Waals surface area contributed by atoms with Crippen molar-refractivity contribution in [3.63, 3.8) is 0 Å². The second-order valence-electron chi connectivity index (χ2n) is 2.31. The van der Waals surface area contributed by atoms with E-state index in [2.05, 4.69) is 0 Å². The zero-order valence-corrected chi connectivity index (χ0v) is 7.94. The van der Waals surface area contributed by atoms with Crippen molar-refractivity contribution in [2.75, 3.05) is 6.26 Å². The summed E-state index contributed by atoms with van der Waals surface area (Å²) in [6, 6.07) is 0. The standard InChI is InChI=1S/C6H12F2S2/c1-4(2)5(6(7)8)10-9-3/h4-6H,1-3H3/t5-/m1/s1. The van der Waals surface area contributed by atoms with Gasteiger partial charge in [-0.1, -0.05) is 35.4 Å². The van der Waals surface area contributed by atoms with Gasteiger partial charge in [0, 0.05) is 0 Å². The molecular formula is C6H12F2S2. The molecule has 0 radical (unpaired) electrons. The normalized spacial score (nSPS) is 14.7. The third-order valence-electron chi connectivity index (χ3n) is 1.11. The van der Waals surface area contributed by atoms with E-state index in [9.17, 15) is 8.78 Å². The average molecular weight is 186 g/mol. The molecule has 0 unspecified atom stereocenters. The van der Waals surface area contributed by atoms with Gasteiger partial charge in [-0.15, -0.1) is 0 Å². The fourth-order valence-corrected chi connectivity index (χ4v) is 2.67. The topological polar surface area (TPSA) is 0 Å². The highest BCUT2D eigenvalue weighted by Crippen LogP contribution is 2.32. The Balaban J connectivity index is 3.73. The lowest BCUT2D eigenvalue weighted by Gasteiger charge is -2.17. The molecule has 0 bridgehead atoms. The van der Waals surface area contributed by atoms with E-state index in [0.717, 1.165) is 0 Å². The van der Waals surface area contributed by atoms with E-state index in [1.807, 2.05) is 20.1 Å². The lowest BCUT2D eigenvalue weighted by molar-refractivity contribution is 0.130. The first-order chi connectivity index (χ1) is 4.59. The third-order valence-corrected chi connectivity index (χ3v) is 3.52. The van der Waals surface area contributed by atoms with Crippen LogP contribution < -0.4 is 0 Å². The monoisotopic (exact) mass is 186 g/mol. The molecule has 0 nitrogen and oxygen atoms in total. The molecule has 10 heavy (non-hydrogen) atoms. The summed E-state index contributed by atoms with van der Waals surface area (Å²) in [4.78, 5) is 0. The summed E-state index contributed by atoms with van der Waals surface area (Å²) in [5.41, 5.74) is 0. The van der Waals surface area contributed by atoms with E-state index >= 15 is 0 Å². The average Bonchev–Trinajstić information content (AvgIpc) is 1.81. The summed E-state index contributed by atoms with van der Waals surface area (Å²) in [5, 5.41) is -0.519. The van der Waals surface area contributed by atoms with Gasteiger partial charge in [0.15, 0.2) is 0 Å². The molecule has 0 aromatic heterocycles. The fourth-order valence-electron chi connectivity index (χ4n) is 0.555. The molecule has 0 spiro atoms.